The van der Waals surface area contributed by atoms with Gasteiger partial charge in [0.1, 0.15) is 0 Å². The van der Waals surface area contributed by atoms with E-state index in [-0.39, 0.29) is 0 Å². The molecule has 2 nitrogen and oxygen atoms in total. The Labute approximate surface area is 70.5 Å². The van der Waals surface area contributed by atoms with E-state index in [1.54, 1.807) is 0 Å². The third-order valence-corrected chi connectivity index (χ3v) is 1.74. The molecule has 0 spiro atoms. The zero-order chi connectivity index (χ0) is 8.85. The summed E-state index contributed by atoms with van der Waals surface area (Å²) in [5.41, 5.74) is 0. The van der Waals surface area contributed by atoms with E-state index in [1.807, 2.05) is 6.08 Å². The lowest BCUT2D eigenvalue weighted by Gasteiger charge is -2.25. The highest BCUT2D eigenvalue weighted by molar-refractivity contribution is 4.79. The van der Waals surface area contributed by atoms with Gasteiger partial charge < -0.3 is 9.80 Å². The summed E-state index contributed by atoms with van der Waals surface area (Å²) in [6, 6.07) is 0.600. The van der Waals surface area contributed by atoms with Gasteiger partial charge in [-0.2, -0.15) is 0 Å². The van der Waals surface area contributed by atoms with Gasteiger partial charge in [-0.25, -0.2) is 0 Å². The van der Waals surface area contributed by atoms with Crippen molar-refractivity contribution < 1.29 is 0 Å². The van der Waals surface area contributed by atoms with Gasteiger partial charge in [-0.3, -0.25) is 0 Å². The van der Waals surface area contributed by atoms with Gasteiger partial charge in [0.25, 0.3) is 0 Å². The summed E-state index contributed by atoms with van der Waals surface area (Å²) >= 11 is 0. The minimum Gasteiger partial charge on any atom is -0.308 e. The van der Waals surface area contributed by atoms with Crippen LogP contribution in [0.1, 0.15) is 6.42 Å². The standard InChI is InChI=1S/C9H20N2/c1-6-7-9(11(4)5)8-10(2)3/h6,9H,1,7-8H2,2-5H3. The first kappa shape index (κ1) is 10.7. The summed E-state index contributed by atoms with van der Waals surface area (Å²) in [7, 11) is 8.41. The first-order valence-corrected chi connectivity index (χ1v) is 4.00. The van der Waals surface area contributed by atoms with Crippen LogP contribution in [0.15, 0.2) is 12.7 Å². The van der Waals surface area contributed by atoms with Crippen molar-refractivity contribution >= 4 is 0 Å². The molecule has 0 aromatic rings. The number of hydrogen-bond donors (Lipinski definition) is 0. The molecule has 0 amide bonds. The molecule has 0 heterocycles. The average molecular weight is 156 g/mol. The zero-order valence-corrected chi connectivity index (χ0v) is 8.17. The van der Waals surface area contributed by atoms with Crippen LogP contribution < -0.4 is 0 Å². The third-order valence-electron chi connectivity index (χ3n) is 1.74. The third kappa shape index (κ3) is 4.99. The molecule has 0 bridgehead atoms. The van der Waals surface area contributed by atoms with Crippen LogP contribution >= 0.6 is 0 Å². The molecule has 0 aliphatic heterocycles. The molecule has 0 N–H and O–H groups in total. The molecule has 0 rings (SSSR count). The fourth-order valence-electron chi connectivity index (χ4n) is 1.06. The van der Waals surface area contributed by atoms with Crippen LogP contribution in [0.3, 0.4) is 0 Å². The first-order valence-electron chi connectivity index (χ1n) is 4.00. The molecular weight excluding hydrogens is 136 g/mol. The maximum atomic E-state index is 3.74. The van der Waals surface area contributed by atoms with E-state index in [1.165, 1.54) is 0 Å². The lowest BCUT2D eigenvalue weighted by atomic mass is 10.2. The molecule has 2 heteroatoms. The van der Waals surface area contributed by atoms with E-state index in [2.05, 4.69) is 44.6 Å². The van der Waals surface area contributed by atoms with Gasteiger partial charge in [0.2, 0.25) is 0 Å². The van der Waals surface area contributed by atoms with Crippen LogP contribution in [-0.4, -0.2) is 50.6 Å². The van der Waals surface area contributed by atoms with Crippen molar-refractivity contribution in [3.8, 4) is 0 Å². The summed E-state index contributed by atoms with van der Waals surface area (Å²) in [6.07, 6.45) is 3.04. The molecule has 1 unspecified atom stereocenters. The molecule has 0 aliphatic carbocycles. The molecule has 0 aromatic carbocycles. The van der Waals surface area contributed by atoms with Crippen LogP contribution in [0.25, 0.3) is 0 Å². The summed E-state index contributed by atoms with van der Waals surface area (Å²) in [5.74, 6) is 0. The molecule has 1 atom stereocenters. The Morgan fingerprint density at radius 3 is 2.09 bits per heavy atom. The van der Waals surface area contributed by atoms with Gasteiger partial charge in [0, 0.05) is 12.6 Å². The minimum atomic E-state index is 0.600. The highest BCUT2D eigenvalue weighted by Crippen LogP contribution is 2.00. The Kier molecular flexibility index (Phi) is 5.16. The van der Waals surface area contributed by atoms with Crippen LogP contribution in [0.4, 0.5) is 0 Å². The lowest BCUT2D eigenvalue weighted by molar-refractivity contribution is 0.230. The SMILES string of the molecule is C=CCC(CN(C)C)N(C)C. The van der Waals surface area contributed by atoms with Crippen molar-refractivity contribution in [3.05, 3.63) is 12.7 Å². The lowest BCUT2D eigenvalue weighted by Crippen LogP contribution is -2.36. The second kappa shape index (κ2) is 5.33. The van der Waals surface area contributed by atoms with E-state index >= 15 is 0 Å². The van der Waals surface area contributed by atoms with E-state index < -0.39 is 0 Å². The van der Waals surface area contributed by atoms with Crippen LogP contribution in [0, 0.1) is 0 Å². The predicted molar refractivity (Wildman–Crippen MR) is 50.8 cm³/mol. The summed E-state index contributed by atoms with van der Waals surface area (Å²) in [4.78, 5) is 4.44. The van der Waals surface area contributed by atoms with Gasteiger partial charge in [-0.1, -0.05) is 6.08 Å². The molecule has 0 radical (unpaired) electrons. The van der Waals surface area contributed by atoms with Crippen LogP contribution in [0.5, 0.6) is 0 Å². The van der Waals surface area contributed by atoms with Gasteiger partial charge in [-0.05, 0) is 34.6 Å². The second-order valence-electron chi connectivity index (χ2n) is 3.40. The summed E-state index contributed by atoms with van der Waals surface area (Å²) in [5, 5.41) is 0. The van der Waals surface area contributed by atoms with Crippen molar-refractivity contribution in [2.24, 2.45) is 0 Å². The van der Waals surface area contributed by atoms with Crippen molar-refractivity contribution in [1.82, 2.24) is 9.80 Å². The smallest absolute Gasteiger partial charge is 0.0251 e. The molecule has 0 aromatic heterocycles. The maximum Gasteiger partial charge on any atom is 0.0251 e. The largest absolute Gasteiger partial charge is 0.308 e. The topological polar surface area (TPSA) is 6.48 Å². The first-order chi connectivity index (χ1) is 5.07. The Bertz CT molecular complexity index is 108. The summed E-state index contributed by atoms with van der Waals surface area (Å²) in [6.45, 7) is 4.84. The number of nitrogens with zero attached hydrogens (tertiary/aromatic N) is 2. The highest BCUT2D eigenvalue weighted by atomic mass is 15.2. The monoisotopic (exact) mass is 156 g/mol. The maximum absolute atomic E-state index is 3.74. The molecular formula is C9H20N2. The van der Waals surface area contributed by atoms with Gasteiger partial charge in [-0.15, -0.1) is 6.58 Å². The number of likely N-dealkylation sites (N-methyl/N-ethyl adjacent to an activating group) is 2. The van der Waals surface area contributed by atoms with Crippen molar-refractivity contribution in [2.45, 2.75) is 12.5 Å². The zero-order valence-electron chi connectivity index (χ0n) is 8.17. The van der Waals surface area contributed by atoms with Crippen molar-refractivity contribution in [3.63, 3.8) is 0 Å². The summed E-state index contributed by atoms with van der Waals surface area (Å²) < 4.78 is 0. The Hall–Kier alpha value is -0.340. The molecule has 66 valence electrons. The normalized spacial score (nSPS) is 14.0. The Balaban J connectivity index is 3.78. The second-order valence-corrected chi connectivity index (χ2v) is 3.40. The fourth-order valence-corrected chi connectivity index (χ4v) is 1.06. The van der Waals surface area contributed by atoms with Crippen molar-refractivity contribution in [1.29, 1.82) is 0 Å². The minimum absolute atomic E-state index is 0.600. The van der Waals surface area contributed by atoms with E-state index in [0.29, 0.717) is 6.04 Å². The van der Waals surface area contributed by atoms with Gasteiger partial charge in [0.05, 0.1) is 0 Å². The van der Waals surface area contributed by atoms with E-state index in [4.69, 9.17) is 0 Å². The van der Waals surface area contributed by atoms with E-state index in [9.17, 15) is 0 Å². The van der Waals surface area contributed by atoms with E-state index in [0.717, 1.165) is 13.0 Å². The highest BCUT2D eigenvalue weighted by Gasteiger charge is 2.09. The van der Waals surface area contributed by atoms with Crippen LogP contribution in [-0.2, 0) is 0 Å². The quantitative estimate of drug-likeness (QED) is 0.549. The molecule has 11 heavy (non-hydrogen) atoms. The number of rotatable bonds is 5. The molecule has 0 saturated heterocycles. The van der Waals surface area contributed by atoms with Gasteiger partial charge >= 0.3 is 0 Å². The number of hydrogen-bond acceptors (Lipinski definition) is 2. The Morgan fingerprint density at radius 1 is 1.27 bits per heavy atom. The van der Waals surface area contributed by atoms with Crippen molar-refractivity contribution in [2.75, 3.05) is 34.7 Å². The Morgan fingerprint density at radius 2 is 1.82 bits per heavy atom. The van der Waals surface area contributed by atoms with Gasteiger partial charge in [0.15, 0.2) is 0 Å². The molecule has 0 aliphatic rings. The molecule has 0 saturated carbocycles. The predicted octanol–water partition coefficient (Wildman–Crippen LogP) is 1.05. The average Bonchev–Trinajstić information content (AvgIpc) is 1.86. The van der Waals surface area contributed by atoms with Crippen LogP contribution in [0.2, 0.25) is 0 Å². The molecule has 0 fully saturated rings. The fraction of sp³-hybridized carbons (Fsp3) is 0.778.